The molecule has 1 unspecified atom stereocenters. The Morgan fingerprint density at radius 2 is 1.68 bits per heavy atom. The number of carbonyl (C=O) groups excluding carboxylic acids is 1. The minimum absolute atomic E-state index is 0.0234. The van der Waals surface area contributed by atoms with Crippen molar-refractivity contribution in [3.8, 4) is 0 Å². The third-order valence-corrected chi connectivity index (χ3v) is 6.33. The third-order valence-electron chi connectivity index (χ3n) is 6.33. The van der Waals surface area contributed by atoms with Gasteiger partial charge in [-0.25, -0.2) is 4.79 Å². The monoisotopic (exact) mass is 375 g/mol. The van der Waals surface area contributed by atoms with E-state index in [1.54, 1.807) is 0 Å². The predicted octanol–water partition coefficient (Wildman–Crippen LogP) is 4.96. The van der Waals surface area contributed by atoms with Crippen molar-refractivity contribution in [3.63, 3.8) is 0 Å². The van der Waals surface area contributed by atoms with Crippen LogP contribution in [0.4, 0.5) is 0 Å². The van der Waals surface area contributed by atoms with Crippen molar-refractivity contribution in [3.05, 3.63) is 71.3 Å². The number of piperidine rings is 1. The van der Waals surface area contributed by atoms with E-state index in [9.17, 15) is 4.79 Å². The number of fused-ring (bicyclic) bond motifs is 2. The maximum atomic E-state index is 13.2. The van der Waals surface area contributed by atoms with E-state index >= 15 is 0 Å². The van der Waals surface area contributed by atoms with Crippen LogP contribution in [0.1, 0.15) is 49.3 Å². The average Bonchev–Trinajstić information content (AvgIpc) is 2.93. The number of aryl methyl sites for hydroxylation is 1. The van der Waals surface area contributed by atoms with Crippen molar-refractivity contribution in [1.82, 2.24) is 4.90 Å². The average molecular weight is 376 g/mol. The molecule has 28 heavy (non-hydrogen) atoms. The molecule has 2 aromatic carbocycles. The highest BCUT2D eigenvalue weighted by molar-refractivity contribution is 6.21. The molecule has 3 nitrogen and oxygen atoms in total. The highest BCUT2D eigenvalue weighted by Gasteiger charge is 2.40. The lowest BCUT2D eigenvalue weighted by Crippen LogP contribution is -2.43. The summed E-state index contributed by atoms with van der Waals surface area (Å²) in [5, 5.41) is 0. The van der Waals surface area contributed by atoms with Crippen LogP contribution in [0.2, 0.25) is 0 Å². The van der Waals surface area contributed by atoms with Gasteiger partial charge in [0.2, 0.25) is 0 Å². The van der Waals surface area contributed by atoms with E-state index in [-0.39, 0.29) is 12.1 Å². The Morgan fingerprint density at radius 3 is 2.29 bits per heavy atom. The molecule has 2 aliphatic heterocycles. The molecule has 0 aliphatic carbocycles. The summed E-state index contributed by atoms with van der Waals surface area (Å²) >= 11 is 0. The van der Waals surface area contributed by atoms with Crippen LogP contribution < -0.4 is 0 Å². The predicted molar refractivity (Wildman–Crippen MR) is 114 cm³/mol. The number of carbonyl (C=O) groups is 1. The van der Waals surface area contributed by atoms with Crippen molar-refractivity contribution in [2.75, 3.05) is 7.05 Å². The summed E-state index contributed by atoms with van der Waals surface area (Å²) in [6.07, 6.45) is 7.31. The van der Waals surface area contributed by atoms with E-state index in [1.165, 1.54) is 18.4 Å². The minimum atomic E-state index is -0.206. The molecule has 2 heterocycles. The number of nitrogens with zero attached hydrogens (tertiary/aromatic N) is 1. The summed E-state index contributed by atoms with van der Waals surface area (Å²) in [6.45, 7) is 2.14. The van der Waals surface area contributed by atoms with Crippen LogP contribution in [-0.2, 0) is 16.0 Å². The zero-order valence-electron chi connectivity index (χ0n) is 16.8. The summed E-state index contributed by atoms with van der Waals surface area (Å²) in [4.78, 5) is 15.6. The zero-order chi connectivity index (χ0) is 19.5. The first kappa shape index (κ1) is 18.9. The highest BCUT2D eigenvalue weighted by Crippen LogP contribution is 2.36. The van der Waals surface area contributed by atoms with Gasteiger partial charge in [-0.3, -0.25) is 0 Å². The highest BCUT2D eigenvalue weighted by atomic mass is 16.5. The molecule has 0 amide bonds. The number of hydrogen-bond donors (Lipinski definition) is 0. The fourth-order valence-electron chi connectivity index (χ4n) is 4.57. The molecule has 2 aliphatic rings. The number of rotatable bonds is 5. The molecule has 0 spiro atoms. The summed E-state index contributed by atoms with van der Waals surface area (Å²) < 4.78 is 6.03. The molecule has 2 saturated heterocycles. The van der Waals surface area contributed by atoms with Gasteiger partial charge in [0.05, 0.1) is 5.57 Å². The number of hydrogen-bond acceptors (Lipinski definition) is 3. The van der Waals surface area contributed by atoms with Gasteiger partial charge in [0.25, 0.3) is 0 Å². The number of ether oxygens (including phenoxy) is 1. The Hall–Kier alpha value is -2.39. The summed E-state index contributed by atoms with van der Waals surface area (Å²) in [6, 6.07) is 19.4. The minimum Gasteiger partial charge on any atom is -0.459 e. The van der Waals surface area contributed by atoms with Crippen molar-refractivity contribution in [1.29, 1.82) is 0 Å². The van der Waals surface area contributed by atoms with Gasteiger partial charge in [-0.15, -0.1) is 0 Å². The Kier molecular flexibility index (Phi) is 5.63. The van der Waals surface area contributed by atoms with Gasteiger partial charge in [0.1, 0.15) is 6.10 Å². The van der Waals surface area contributed by atoms with Gasteiger partial charge in [0, 0.05) is 24.9 Å². The lowest BCUT2D eigenvalue weighted by Gasteiger charge is -2.35. The Bertz CT molecular complexity index is 827. The molecule has 2 bridgehead atoms. The maximum Gasteiger partial charge on any atom is 0.339 e. The zero-order valence-corrected chi connectivity index (χ0v) is 16.8. The second kappa shape index (κ2) is 8.32. The molecule has 2 aromatic rings. The molecular weight excluding hydrogens is 346 g/mol. The Morgan fingerprint density at radius 1 is 1.04 bits per heavy atom. The first-order valence-corrected chi connectivity index (χ1v) is 10.4. The molecule has 2 fully saturated rings. The lowest BCUT2D eigenvalue weighted by molar-refractivity contribution is -0.144. The Labute approximate surface area is 168 Å². The topological polar surface area (TPSA) is 29.5 Å². The lowest BCUT2D eigenvalue weighted by atomic mass is 9.99. The second-order valence-corrected chi connectivity index (χ2v) is 8.07. The second-order valence-electron chi connectivity index (χ2n) is 8.07. The van der Waals surface area contributed by atoms with E-state index < -0.39 is 0 Å². The van der Waals surface area contributed by atoms with Crippen LogP contribution in [0.25, 0.3) is 11.6 Å². The molecule has 0 N–H and O–H groups in total. The standard InChI is InChI=1S/C25H29NO2/c1-3-18-9-11-20(12-10-18)24(15-19-7-5-4-6-8-19)25(27)28-23-16-21-13-14-22(17-23)26(21)2/h4-12,15,21-23H,3,13-14,16-17H2,1-2H3/b24-15+/t21-,22+,23?. The molecule has 3 atom stereocenters. The van der Waals surface area contributed by atoms with Crippen molar-refractivity contribution in [2.45, 2.75) is 57.2 Å². The van der Waals surface area contributed by atoms with Crippen LogP contribution in [0, 0.1) is 0 Å². The van der Waals surface area contributed by atoms with Crippen LogP contribution in [0.3, 0.4) is 0 Å². The molecule has 0 radical (unpaired) electrons. The van der Waals surface area contributed by atoms with Crippen LogP contribution in [-0.4, -0.2) is 36.1 Å². The van der Waals surface area contributed by atoms with E-state index in [0.717, 1.165) is 30.4 Å². The van der Waals surface area contributed by atoms with E-state index in [4.69, 9.17) is 4.74 Å². The third kappa shape index (κ3) is 4.05. The van der Waals surface area contributed by atoms with Crippen LogP contribution >= 0.6 is 0 Å². The molecule has 146 valence electrons. The van der Waals surface area contributed by atoms with E-state index in [2.05, 4.69) is 31.0 Å². The molecule has 0 aromatic heterocycles. The smallest absolute Gasteiger partial charge is 0.339 e. The number of benzene rings is 2. The fraction of sp³-hybridized carbons (Fsp3) is 0.400. The molecule has 4 rings (SSSR count). The SMILES string of the molecule is CCc1ccc(/C(=C\c2ccccc2)C(=O)OC2C[C@H]3CC[C@@H](C2)N3C)cc1. The maximum absolute atomic E-state index is 13.2. The van der Waals surface area contributed by atoms with Crippen molar-refractivity contribution in [2.24, 2.45) is 0 Å². The summed E-state index contributed by atoms with van der Waals surface area (Å²) in [7, 11) is 2.20. The van der Waals surface area contributed by atoms with Crippen molar-refractivity contribution >= 4 is 17.6 Å². The summed E-state index contributed by atoms with van der Waals surface area (Å²) in [5.41, 5.74) is 3.84. The largest absolute Gasteiger partial charge is 0.459 e. The van der Waals surface area contributed by atoms with Crippen LogP contribution in [0.15, 0.2) is 54.6 Å². The van der Waals surface area contributed by atoms with Crippen LogP contribution in [0.5, 0.6) is 0 Å². The van der Waals surface area contributed by atoms with Gasteiger partial charge in [-0.05, 0) is 49.1 Å². The van der Waals surface area contributed by atoms with E-state index in [0.29, 0.717) is 17.7 Å². The quantitative estimate of drug-likeness (QED) is 0.420. The van der Waals surface area contributed by atoms with Crippen molar-refractivity contribution < 1.29 is 9.53 Å². The first-order valence-electron chi connectivity index (χ1n) is 10.4. The normalized spacial score (nSPS) is 24.9. The van der Waals surface area contributed by atoms with Gasteiger partial charge in [0.15, 0.2) is 0 Å². The van der Waals surface area contributed by atoms with Gasteiger partial charge in [-0.1, -0.05) is 61.5 Å². The summed E-state index contributed by atoms with van der Waals surface area (Å²) in [5.74, 6) is -0.206. The fourth-order valence-corrected chi connectivity index (χ4v) is 4.57. The van der Waals surface area contributed by atoms with Gasteiger partial charge >= 0.3 is 5.97 Å². The Balaban J connectivity index is 1.57. The van der Waals surface area contributed by atoms with Gasteiger partial charge < -0.3 is 9.64 Å². The van der Waals surface area contributed by atoms with Gasteiger partial charge in [-0.2, -0.15) is 0 Å². The molecule has 0 saturated carbocycles. The number of esters is 1. The molecule has 3 heteroatoms. The first-order chi connectivity index (χ1) is 13.6. The molecular formula is C25H29NO2. The van der Waals surface area contributed by atoms with E-state index in [1.807, 2.05) is 48.5 Å².